The van der Waals surface area contributed by atoms with Crippen molar-refractivity contribution in [2.75, 3.05) is 12.4 Å². The summed E-state index contributed by atoms with van der Waals surface area (Å²) in [5.74, 6) is 0.851. The summed E-state index contributed by atoms with van der Waals surface area (Å²) in [6.07, 6.45) is 0.299. The maximum atomic E-state index is 12.0. The van der Waals surface area contributed by atoms with E-state index in [0.717, 1.165) is 10.9 Å². The van der Waals surface area contributed by atoms with Crippen LogP contribution in [0.5, 0.6) is 5.75 Å². The largest absolute Gasteiger partial charge is 0.497 e. The van der Waals surface area contributed by atoms with Gasteiger partial charge in [0.15, 0.2) is 11.6 Å². The first-order valence-electron chi connectivity index (χ1n) is 7.06. The minimum atomic E-state index is -0.244. The third kappa shape index (κ3) is 3.40. The van der Waals surface area contributed by atoms with Crippen LogP contribution < -0.4 is 10.1 Å². The zero-order valence-electron chi connectivity index (χ0n) is 12.5. The molecule has 23 heavy (non-hydrogen) atoms. The van der Waals surface area contributed by atoms with E-state index in [1.165, 1.54) is 11.3 Å². The van der Waals surface area contributed by atoms with Gasteiger partial charge in [-0.2, -0.15) is 5.10 Å². The highest BCUT2D eigenvalue weighted by Crippen LogP contribution is 2.25. The molecule has 0 aliphatic heterocycles. The zero-order valence-corrected chi connectivity index (χ0v) is 13.3. The second-order valence-corrected chi connectivity index (χ2v) is 5.88. The average Bonchev–Trinajstić information content (AvgIpc) is 3.22. The van der Waals surface area contributed by atoms with E-state index < -0.39 is 0 Å². The number of benzene rings is 1. The summed E-state index contributed by atoms with van der Waals surface area (Å²) in [5.41, 5.74) is 0.802. The second-order valence-electron chi connectivity index (χ2n) is 4.93. The number of anilines is 1. The summed E-state index contributed by atoms with van der Waals surface area (Å²) in [5, 5.41) is 12.3. The van der Waals surface area contributed by atoms with Gasteiger partial charge in [-0.05, 0) is 29.6 Å². The highest BCUT2D eigenvalue weighted by Gasteiger charge is 2.13. The fraction of sp³-hybridized carbons (Fsp3) is 0.188. The molecule has 0 atom stereocenters. The molecule has 0 radical (unpaired) electrons. The number of aromatic nitrogens is 2. The molecule has 2 N–H and O–H groups in total. The van der Waals surface area contributed by atoms with Crippen LogP contribution in [0.3, 0.4) is 0 Å². The number of thiophene rings is 1. The Hall–Kier alpha value is -2.67. The normalized spacial score (nSPS) is 10.7. The number of ketones is 1. The molecular weight excluding hydrogens is 314 g/mol. The van der Waals surface area contributed by atoms with Gasteiger partial charge in [0, 0.05) is 18.2 Å². The van der Waals surface area contributed by atoms with Crippen LogP contribution in [-0.2, 0) is 4.79 Å². The summed E-state index contributed by atoms with van der Waals surface area (Å²) in [7, 11) is 1.58. The number of amides is 1. The lowest BCUT2D eigenvalue weighted by Gasteiger charge is -2.03. The van der Waals surface area contributed by atoms with Crippen molar-refractivity contribution in [1.29, 1.82) is 0 Å². The molecule has 0 aliphatic carbocycles. The number of ether oxygens (including phenoxy) is 1. The molecule has 1 amide bonds. The second kappa shape index (κ2) is 6.62. The molecule has 0 unspecified atom stereocenters. The average molecular weight is 329 g/mol. The lowest BCUT2D eigenvalue weighted by molar-refractivity contribution is -0.116. The SMILES string of the molecule is COc1ccc2[nH]nc(NC(=O)CCC(=O)c3cccs3)c2c1. The molecule has 7 heteroatoms. The summed E-state index contributed by atoms with van der Waals surface area (Å²) in [6, 6.07) is 9.02. The summed E-state index contributed by atoms with van der Waals surface area (Å²) >= 11 is 1.38. The van der Waals surface area contributed by atoms with Crippen molar-refractivity contribution >= 4 is 39.7 Å². The first kappa shape index (κ1) is 15.2. The monoisotopic (exact) mass is 329 g/mol. The Kier molecular flexibility index (Phi) is 4.38. The van der Waals surface area contributed by atoms with Crippen molar-refractivity contribution in [2.45, 2.75) is 12.8 Å². The van der Waals surface area contributed by atoms with Gasteiger partial charge in [-0.1, -0.05) is 6.07 Å². The molecular formula is C16H15N3O3S. The van der Waals surface area contributed by atoms with Gasteiger partial charge >= 0.3 is 0 Å². The number of carbonyl (C=O) groups is 2. The molecule has 1 aromatic carbocycles. The predicted molar refractivity (Wildman–Crippen MR) is 89.2 cm³/mol. The fourth-order valence-electron chi connectivity index (χ4n) is 2.20. The minimum absolute atomic E-state index is 0.0243. The molecule has 0 saturated heterocycles. The van der Waals surface area contributed by atoms with Crippen LogP contribution in [0.15, 0.2) is 35.7 Å². The standard InChI is InChI=1S/C16H15N3O3S/c1-22-10-4-5-12-11(9-10)16(19-18-12)17-15(21)7-6-13(20)14-3-2-8-23-14/h2-5,8-9H,6-7H2,1H3,(H2,17,18,19,21). The van der Waals surface area contributed by atoms with E-state index in [0.29, 0.717) is 16.4 Å². The van der Waals surface area contributed by atoms with Crippen LogP contribution in [-0.4, -0.2) is 29.0 Å². The Morgan fingerprint density at radius 1 is 1.30 bits per heavy atom. The molecule has 0 saturated carbocycles. The molecule has 3 rings (SSSR count). The van der Waals surface area contributed by atoms with Gasteiger partial charge in [-0.15, -0.1) is 11.3 Å². The van der Waals surface area contributed by atoms with E-state index in [-0.39, 0.29) is 24.5 Å². The van der Waals surface area contributed by atoms with E-state index in [9.17, 15) is 9.59 Å². The Balaban J connectivity index is 1.65. The van der Waals surface area contributed by atoms with Crippen molar-refractivity contribution in [3.8, 4) is 5.75 Å². The number of carbonyl (C=O) groups excluding carboxylic acids is 2. The summed E-state index contributed by atoms with van der Waals surface area (Å²) in [4.78, 5) is 24.6. The minimum Gasteiger partial charge on any atom is -0.497 e. The smallest absolute Gasteiger partial charge is 0.226 e. The number of methoxy groups -OCH3 is 1. The van der Waals surface area contributed by atoms with Gasteiger partial charge in [0.2, 0.25) is 5.91 Å². The van der Waals surface area contributed by atoms with Gasteiger partial charge < -0.3 is 10.1 Å². The molecule has 118 valence electrons. The Morgan fingerprint density at radius 2 is 2.17 bits per heavy atom. The van der Waals surface area contributed by atoms with E-state index in [2.05, 4.69) is 15.5 Å². The molecule has 0 aliphatic rings. The maximum absolute atomic E-state index is 12.0. The molecule has 0 spiro atoms. The Labute approximate surface area is 136 Å². The first-order valence-corrected chi connectivity index (χ1v) is 7.94. The summed E-state index contributed by atoms with van der Waals surface area (Å²) < 4.78 is 5.17. The maximum Gasteiger partial charge on any atom is 0.226 e. The van der Waals surface area contributed by atoms with Crippen LogP contribution in [0, 0.1) is 0 Å². The quantitative estimate of drug-likeness (QED) is 0.680. The van der Waals surface area contributed by atoms with Crippen molar-refractivity contribution in [3.05, 3.63) is 40.6 Å². The van der Waals surface area contributed by atoms with Crippen LogP contribution in [0.25, 0.3) is 10.9 Å². The number of rotatable bonds is 6. The molecule has 3 aromatic rings. The molecule has 0 bridgehead atoms. The van der Waals surface area contributed by atoms with E-state index in [4.69, 9.17) is 4.74 Å². The Morgan fingerprint density at radius 3 is 2.91 bits per heavy atom. The van der Waals surface area contributed by atoms with Crippen LogP contribution in [0.1, 0.15) is 22.5 Å². The van der Waals surface area contributed by atoms with Crippen molar-refractivity contribution in [2.24, 2.45) is 0 Å². The topological polar surface area (TPSA) is 84.1 Å². The van der Waals surface area contributed by atoms with Gasteiger partial charge in [0.05, 0.1) is 17.5 Å². The number of nitrogens with one attached hydrogen (secondary N) is 2. The van der Waals surface area contributed by atoms with Crippen LogP contribution in [0.4, 0.5) is 5.82 Å². The lowest BCUT2D eigenvalue weighted by atomic mass is 10.2. The number of hydrogen-bond donors (Lipinski definition) is 2. The third-order valence-corrected chi connectivity index (χ3v) is 4.31. The Bertz CT molecular complexity index is 840. The van der Waals surface area contributed by atoms with Gasteiger partial charge in [0.1, 0.15) is 5.75 Å². The van der Waals surface area contributed by atoms with E-state index in [1.807, 2.05) is 23.6 Å². The van der Waals surface area contributed by atoms with Crippen LogP contribution in [0.2, 0.25) is 0 Å². The number of nitrogens with zero attached hydrogens (tertiary/aromatic N) is 1. The van der Waals surface area contributed by atoms with Gasteiger partial charge in [0.25, 0.3) is 0 Å². The number of aromatic amines is 1. The molecule has 2 heterocycles. The van der Waals surface area contributed by atoms with Crippen LogP contribution >= 0.6 is 11.3 Å². The van der Waals surface area contributed by atoms with Crippen molar-refractivity contribution in [1.82, 2.24) is 10.2 Å². The van der Waals surface area contributed by atoms with Crippen molar-refractivity contribution in [3.63, 3.8) is 0 Å². The van der Waals surface area contributed by atoms with Crippen molar-refractivity contribution < 1.29 is 14.3 Å². The zero-order chi connectivity index (χ0) is 16.2. The number of hydrogen-bond acceptors (Lipinski definition) is 5. The highest BCUT2D eigenvalue weighted by atomic mass is 32.1. The summed E-state index contributed by atoms with van der Waals surface area (Å²) in [6.45, 7) is 0. The number of fused-ring (bicyclic) bond motifs is 1. The lowest BCUT2D eigenvalue weighted by Crippen LogP contribution is -2.13. The van der Waals surface area contributed by atoms with Gasteiger partial charge in [-0.25, -0.2) is 0 Å². The first-order chi connectivity index (χ1) is 11.2. The molecule has 6 nitrogen and oxygen atoms in total. The third-order valence-electron chi connectivity index (χ3n) is 3.40. The highest BCUT2D eigenvalue weighted by molar-refractivity contribution is 7.12. The molecule has 0 fully saturated rings. The number of Topliss-reactive ketones (excluding diaryl/α,β-unsaturated/α-hetero) is 1. The fourth-order valence-corrected chi connectivity index (χ4v) is 2.89. The van der Waals surface area contributed by atoms with Gasteiger partial charge in [-0.3, -0.25) is 14.7 Å². The van der Waals surface area contributed by atoms with E-state index in [1.54, 1.807) is 19.2 Å². The predicted octanol–water partition coefficient (Wildman–Crippen LogP) is 3.23. The van der Waals surface area contributed by atoms with E-state index >= 15 is 0 Å². The molecule has 2 aromatic heterocycles. The number of H-pyrrole nitrogens is 1.